The predicted molar refractivity (Wildman–Crippen MR) is 87.6 cm³/mol. The molecule has 3 rings (SSSR count). The van der Waals surface area contributed by atoms with Crippen molar-refractivity contribution in [3.05, 3.63) is 42.0 Å². The van der Waals surface area contributed by atoms with Crippen LogP contribution in [0.3, 0.4) is 0 Å². The van der Waals surface area contributed by atoms with Gasteiger partial charge in [-0.3, -0.25) is 4.90 Å². The van der Waals surface area contributed by atoms with Crippen LogP contribution in [0, 0.1) is 0 Å². The van der Waals surface area contributed by atoms with Gasteiger partial charge in [0.25, 0.3) is 0 Å². The van der Waals surface area contributed by atoms with E-state index in [0.29, 0.717) is 11.8 Å². The van der Waals surface area contributed by atoms with Gasteiger partial charge in [-0.15, -0.1) is 0 Å². The van der Waals surface area contributed by atoms with Crippen LogP contribution in [0.2, 0.25) is 0 Å². The molecule has 1 atom stereocenters. The number of aromatic hydroxyl groups is 1. The molecule has 0 radical (unpaired) electrons. The average molecular weight is 284 g/mol. The van der Waals surface area contributed by atoms with Gasteiger partial charge >= 0.3 is 0 Å². The Labute approximate surface area is 126 Å². The molecule has 0 spiro atoms. The topological polar surface area (TPSA) is 35.5 Å². The van der Waals surface area contributed by atoms with Gasteiger partial charge < -0.3 is 10.4 Å². The Bertz CT molecular complexity index is 611. The molecule has 2 aromatic carbocycles. The second-order valence-electron chi connectivity index (χ2n) is 5.84. The maximum absolute atomic E-state index is 10.1. The lowest BCUT2D eigenvalue weighted by Crippen LogP contribution is -2.37. The van der Waals surface area contributed by atoms with Crippen molar-refractivity contribution in [2.45, 2.75) is 32.4 Å². The fourth-order valence-electron chi connectivity index (χ4n) is 3.42. The summed E-state index contributed by atoms with van der Waals surface area (Å²) >= 11 is 0. The average Bonchev–Trinajstić information content (AvgIpc) is 2.97. The van der Waals surface area contributed by atoms with Crippen molar-refractivity contribution >= 4 is 10.8 Å². The summed E-state index contributed by atoms with van der Waals surface area (Å²) < 4.78 is 0. The third-order valence-corrected chi connectivity index (χ3v) is 4.60. The molecule has 1 saturated heterocycles. The molecular weight excluding hydrogens is 260 g/mol. The maximum atomic E-state index is 10.1. The number of likely N-dealkylation sites (tertiary alicyclic amines) is 1. The SMILES string of the molecule is CCN1CCCC1CNCc1c(O)ccc2ccccc12. The molecule has 0 aliphatic carbocycles. The van der Waals surface area contributed by atoms with E-state index in [-0.39, 0.29) is 0 Å². The lowest BCUT2D eigenvalue weighted by molar-refractivity contribution is 0.259. The lowest BCUT2D eigenvalue weighted by Gasteiger charge is -2.23. The van der Waals surface area contributed by atoms with E-state index in [9.17, 15) is 5.11 Å². The third kappa shape index (κ3) is 3.04. The molecule has 3 heteroatoms. The summed E-state index contributed by atoms with van der Waals surface area (Å²) in [6.07, 6.45) is 2.59. The van der Waals surface area contributed by atoms with E-state index in [4.69, 9.17) is 0 Å². The molecule has 1 aliphatic heterocycles. The molecule has 2 aromatic rings. The summed E-state index contributed by atoms with van der Waals surface area (Å²) in [7, 11) is 0. The van der Waals surface area contributed by atoms with Crippen molar-refractivity contribution in [1.29, 1.82) is 0 Å². The fourth-order valence-corrected chi connectivity index (χ4v) is 3.42. The number of fused-ring (bicyclic) bond motifs is 1. The first-order valence-electron chi connectivity index (χ1n) is 7.94. The van der Waals surface area contributed by atoms with Crippen molar-refractivity contribution in [2.75, 3.05) is 19.6 Å². The number of hydrogen-bond acceptors (Lipinski definition) is 3. The zero-order chi connectivity index (χ0) is 14.7. The van der Waals surface area contributed by atoms with E-state index in [0.717, 1.165) is 30.6 Å². The van der Waals surface area contributed by atoms with Crippen molar-refractivity contribution < 1.29 is 5.11 Å². The first kappa shape index (κ1) is 14.4. The fraction of sp³-hybridized carbons (Fsp3) is 0.444. The van der Waals surface area contributed by atoms with Gasteiger partial charge in [-0.25, -0.2) is 0 Å². The lowest BCUT2D eigenvalue weighted by atomic mass is 10.0. The molecule has 3 nitrogen and oxygen atoms in total. The van der Waals surface area contributed by atoms with Gasteiger partial charge in [0.2, 0.25) is 0 Å². The zero-order valence-corrected chi connectivity index (χ0v) is 12.7. The molecule has 0 amide bonds. The van der Waals surface area contributed by atoms with Gasteiger partial charge in [-0.2, -0.15) is 0 Å². The second kappa shape index (κ2) is 6.46. The Morgan fingerprint density at radius 1 is 1.24 bits per heavy atom. The number of phenolic OH excluding ortho intramolecular Hbond substituents is 1. The molecule has 21 heavy (non-hydrogen) atoms. The monoisotopic (exact) mass is 284 g/mol. The Balaban J connectivity index is 1.69. The van der Waals surface area contributed by atoms with Gasteiger partial charge in [0.15, 0.2) is 0 Å². The first-order valence-corrected chi connectivity index (χ1v) is 7.94. The molecule has 112 valence electrons. The standard InChI is InChI=1S/C18H24N2O/c1-2-20-11-5-7-15(20)12-19-13-17-16-8-4-3-6-14(16)9-10-18(17)21/h3-4,6,8-10,15,19,21H,2,5,7,11-13H2,1H3. The molecule has 2 N–H and O–H groups in total. The molecular formula is C18H24N2O. The highest BCUT2D eigenvalue weighted by molar-refractivity contribution is 5.87. The van der Waals surface area contributed by atoms with Gasteiger partial charge in [0.05, 0.1) is 0 Å². The minimum absolute atomic E-state index is 0.389. The van der Waals surface area contributed by atoms with Crippen LogP contribution >= 0.6 is 0 Å². The second-order valence-corrected chi connectivity index (χ2v) is 5.84. The van der Waals surface area contributed by atoms with Crippen LogP contribution < -0.4 is 5.32 Å². The van der Waals surface area contributed by atoms with E-state index in [1.807, 2.05) is 18.2 Å². The Kier molecular flexibility index (Phi) is 4.42. The summed E-state index contributed by atoms with van der Waals surface area (Å²) in [4.78, 5) is 2.54. The highest BCUT2D eigenvalue weighted by Crippen LogP contribution is 2.27. The number of likely N-dealkylation sites (N-methyl/N-ethyl adjacent to an activating group) is 1. The van der Waals surface area contributed by atoms with Crippen LogP contribution in [0.25, 0.3) is 10.8 Å². The minimum Gasteiger partial charge on any atom is -0.508 e. The molecule has 1 heterocycles. The molecule has 1 fully saturated rings. The summed E-state index contributed by atoms with van der Waals surface area (Å²) in [5.41, 5.74) is 1.01. The Morgan fingerprint density at radius 3 is 2.95 bits per heavy atom. The summed E-state index contributed by atoms with van der Waals surface area (Å²) in [6.45, 7) is 6.31. The van der Waals surface area contributed by atoms with E-state index in [1.54, 1.807) is 6.07 Å². The smallest absolute Gasteiger partial charge is 0.120 e. The molecule has 0 aromatic heterocycles. The van der Waals surface area contributed by atoms with Gasteiger partial charge in [-0.1, -0.05) is 37.3 Å². The van der Waals surface area contributed by atoms with Crippen molar-refractivity contribution in [2.24, 2.45) is 0 Å². The minimum atomic E-state index is 0.389. The number of rotatable bonds is 5. The van der Waals surface area contributed by atoms with E-state index < -0.39 is 0 Å². The summed E-state index contributed by atoms with van der Waals surface area (Å²) in [5, 5.41) is 16.0. The number of nitrogens with zero attached hydrogens (tertiary/aromatic N) is 1. The van der Waals surface area contributed by atoms with E-state index in [2.05, 4.69) is 29.3 Å². The van der Waals surface area contributed by atoms with Gasteiger partial charge in [0, 0.05) is 24.7 Å². The van der Waals surface area contributed by atoms with Crippen molar-refractivity contribution in [3.8, 4) is 5.75 Å². The quantitative estimate of drug-likeness (QED) is 0.885. The number of nitrogens with one attached hydrogen (secondary N) is 1. The van der Waals surface area contributed by atoms with Crippen molar-refractivity contribution in [1.82, 2.24) is 10.2 Å². The molecule has 0 saturated carbocycles. The highest BCUT2D eigenvalue weighted by Gasteiger charge is 2.22. The van der Waals surface area contributed by atoms with Crippen LogP contribution in [0.15, 0.2) is 36.4 Å². The van der Waals surface area contributed by atoms with Crippen LogP contribution in [0.4, 0.5) is 0 Å². The van der Waals surface area contributed by atoms with Crippen LogP contribution in [-0.2, 0) is 6.54 Å². The summed E-state index contributed by atoms with van der Waals surface area (Å²) in [6, 6.07) is 12.7. The Hall–Kier alpha value is -1.58. The van der Waals surface area contributed by atoms with Gasteiger partial charge in [0.1, 0.15) is 5.75 Å². The van der Waals surface area contributed by atoms with Crippen LogP contribution in [0.1, 0.15) is 25.3 Å². The highest BCUT2D eigenvalue weighted by atomic mass is 16.3. The van der Waals surface area contributed by atoms with Crippen molar-refractivity contribution in [3.63, 3.8) is 0 Å². The third-order valence-electron chi connectivity index (χ3n) is 4.60. The van der Waals surface area contributed by atoms with E-state index >= 15 is 0 Å². The van der Waals surface area contributed by atoms with E-state index in [1.165, 1.54) is 24.8 Å². The largest absolute Gasteiger partial charge is 0.508 e. The molecule has 1 aliphatic rings. The molecule has 1 unspecified atom stereocenters. The van der Waals surface area contributed by atoms with Crippen LogP contribution in [-0.4, -0.2) is 35.7 Å². The maximum Gasteiger partial charge on any atom is 0.120 e. The number of hydrogen-bond donors (Lipinski definition) is 2. The normalized spacial score (nSPS) is 19.4. The zero-order valence-electron chi connectivity index (χ0n) is 12.7. The predicted octanol–water partition coefficient (Wildman–Crippen LogP) is 3.12. The summed E-state index contributed by atoms with van der Waals surface area (Å²) in [5.74, 6) is 0.389. The Morgan fingerprint density at radius 2 is 2.10 bits per heavy atom. The first-order chi connectivity index (χ1) is 10.3. The van der Waals surface area contributed by atoms with Gasteiger partial charge in [-0.05, 0) is 42.8 Å². The number of benzene rings is 2. The number of phenols is 1. The molecule has 0 bridgehead atoms. The van der Waals surface area contributed by atoms with Crippen LogP contribution in [0.5, 0.6) is 5.75 Å².